The Morgan fingerprint density at radius 3 is 2.74 bits per heavy atom. The first-order valence-electron chi connectivity index (χ1n) is 5.59. The van der Waals surface area contributed by atoms with Crippen LogP contribution in [0.2, 0.25) is 0 Å². The number of nitrogen functional groups attached to an aromatic ring is 1. The first-order chi connectivity index (χ1) is 9.21. The average Bonchev–Trinajstić information content (AvgIpc) is 2.44. The van der Waals surface area contributed by atoms with Gasteiger partial charge in [0.2, 0.25) is 0 Å². The number of thioether (sulfide) groups is 1. The Morgan fingerprint density at radius 2 is 2.05 bits per heavy atom. The number of rotatable bonds is 5. The predicted molar refractivity (Wildman–Crippen MR) is 83.1 cm³/mol. The molecule has 1 aromatic heterocycles. The van der Waals surface area contributed by atoms with Crippen molar-refractivity contribution in [2.75, 3.05) is 17.0 Å². The average molecular weight is 340 g/mol. The van der Waals surface area contributed by atoms with Crippen molar-refractivity contribution in [3.05, 3.63) is 40.4 Å². The Labute approximate surface area is 124 Å². The fourth-order valence-corrected chi connectivity index (χ4v) is 2.35. The molecule has 0 fully saturated rings. The molecule has 0 saturated heterocycles. The molecule has 19 heavy (non-hydrogen) atoms. The van der Waals surface area contributed by atoms with Crippen molar-refractivity contribution < 1.29 is 0 Å². The van der Waals surface area contributed by atoms with Gasteiger partial charge in [0.25, 0.3) is 0 Å². The van der Waals surface area contributed by atoms with E-state index in [1.54, 1.807) is 6.07 Å². The molecule has 0 radical (unpaired) electrons. The zero-order chi connectivity index (χ0) is 13.7. The van der Waals surface area contributed by atoms with Crippen LogP contribution in [-0.2, 0) is 6.54 Å². The van der Waals surface area contributed by atoms with E-state index in [1.165, 1.54) is 17.3 Å². The lowest BCUT2D eigenvalue weighted by Gasteiger charge is -2.09. The zero-order valence-corrected chi connectivity index (χ0v) is 12.8. The van der Waals surface area contributed by atoms with E-state index in [2.05, 4.69) is 48.8 Å². The smallest absolute Gasteiger partial charge is 0.191 e. The fraction of sp³-hybridized carbons (Fsp3) is 0.167. The van der Waals surface area contributed by atoms with E-state index in [4.69, 9.17) is 5.84 Å². The number of benzene rings is 1. The minimum atomic E-state index is 0.594. The molecule has 1 heterocycles. The Bertz CT molecular complexity index is 541. The molecule has 1 aromatic carbocycles. The summed E-state index contributed by atoms with van der Waals surface area (Å²) >= 11 is 4.92. The summed E-state index contributed by atoms with van der Waals surface area (Å²) in [5.74, 6) is 6.72. The highest BCUT2D eigenvalue weighted by atomic mass is 79.9. The molecule has 0 spiro atoms. The monoisotopic (exact) mass is 339 g/mol. The molecule has 0 saturated carbocycles. The quantitative estimate of drug-likeness (QED) is 0.336. The number of nitrogens with two attached hydrogens (primary N) is 1. The maximum atomic E-state index is 5.39. The van der Waals surface area contributed by atoms with Gasteiger partial charge < -0.3 is 10.7 Å². The molecule has 0 atom stereocenters. The van der Waals surface area contributed by atoms with Crippen LogP contribution in [0.15, 0.2) is 40.0 Å². The molecule has 5 nitrogen and oxygen atoms in total. The van der Waals surface area contributed by atoms with Crippen LogP contribution in [0, 0.1) is 0 Å². The minimum Gasteiger partial charge on any atom is -0.366 e. The minimum absolute atomic E-state index is 0.594. The van der Waals surface area contributed by atoms with Crippen LogP contribution in [-0.4, -0.2) is 16.2 Å². The van der Waals surface area contributed by atoms with Crippen molar-refractivity contribution in [1.82, 2.24) is 9.97 Å². The number of halogens is 1. The van der Waals surface area contributed by atoms with Gasteiger partial charge in [-0.15, -0.1) is 0 Å². The van der Waals surface area contributed by atoms with E-state index >= 15 is 0 Å². The van der Waals surface area contributed by atoms with E-state index in [1.807, 2.05) is 18.4 Å². The summed E-state index contributed by atoms with van der Waals surface area (Å²) < 4.78 is 1.06. The van der Waals surface area contributed by atoms with Crippen LogP contribution in [0.1, 0.15) is 5.56 Å². The number of hydrogen-bond acceptors (Lipinski definition) is 6. The molecule has 2 aromatic rings. The van der Waals surface area contributed by atoms with Gasteiger partial charge in [-0.3, -0.25) is 0 Å². The van der Waals surface area contributed by atoms with Crippen LogP contribution in [0.3, 0.4) is 0 Å². The van der Waals surface area contributed by atoms with Crippen LogP contribution < -0.4 is 16.6 Å². The highest BCUT2D eigenvalue weighted by molar-refractivity contribution is 9.10. The molecule has 0 aliphatic heterocycles. The van der Waals surface area contributed by atoms with Crippen LogP contribution in [0.25, 0.3) is 0 Å². The lowest BCUT2D eigenvalue weighted by molar-refractivity contribution is 0.953. The molecule has 100 valence electrons. The topological polar surface area (TPSA) is 75.9 Å². The van der Waals surface area contributed by atoms with Crippen molar-refractivity contribution in [3.63, 3.8) is 0 Å². The zero-order valence-electron chi connectivity index (χ0n) is 10.4. The van der Waals surface area contributed by atoms with Crippen molar-refractivity contribution in [2.24, 2.45) is 5.84 Å². The first kappa shape index (κ1) is 14.1. The lowest BCUT2D eigenvalue weighted by atomic mass is 10.2. The van der Waals surface area contributed by atoms with Gasteiger partial charge in [-0.05, 0) is 24.0 Å². The number of hydrazine groups is 1. The van der Waals surface area contributed by atoms with E-state index in [0.717, 1.165) is 10.3 Å². The van der Waals surface area contributed by atoms with Crippen molar-refractivity contribution in [2.45, 2.75) is 11.7 Å². The highest BCUT2D eigenvalue weighted by Gasteiger charge is 2.03. The molecular weight excluding hydrogens is 326 g/mol. The normalized spacial score (nSPS) is 10.3. The van der Waals surface area contributed by atoms with E-state index < -0.39 is 0 Å². The van der Waals surface area contributed by atoms with Crippen LogP contribution >= 0.6 is 27.7 Å². The largest absolute Gasteiger partial charge is 0.366 e. The SMILES string of the molecule is CSc1nc(NN)cc(NCc2cccc(Br)c2)n1. The third kappa shape index (κ3) is 4.09. The Hall–Kier alpha value is -1.31. The number of hydrogen-bond donors (Lipinski definition) is 3. The van der Waals surface area contributed by atoms with Crippen molar-refractivity contribution >= 4 is 39.3 Å². The van der Waals surface area contributed by atoms with Crippen molar-refractivity contribution in [3.8, 4) is 0 Å². The van der Waals surface area contributed by atoms with Gasteiger partial charge >= 0.3 is 0 Å². The highest BCUT2D eigenvalue weighted by Crippen LogP contribution is 2.18. The lowest BCUT2D eigenvalue weighted by Crippen LogP contribution is -2.11. The van der Waals surface area contributed by atoms with Gasteiger partial charge in [0.05, 0.1) is 0 Å². The number of nitrogens with zero attached hydrogens (tertiary/aromatic N) is 2. The number of anilines is 2. The Balaban J connectivity index is 2.10. The van der Waals surface area contributed by atoms with Crippen molar-refractivity contribution in [1.29, 1.82) is 0 Å². The van der Waals surface area contributed by atoms with E-state index in [9.17, 15) is 0 Å². The molecule has 0 aliphatic rings. The summed E-state index contributed by atoms with van der Waals surface area (Å²) in [6.45, 7) is 0.689. The summed E-state index contributed by atoms with van der Waals surface area (Å²) in [4.78, 5) is 8.58. The molecule has 2 rings (SSSR count). The molecule has 0 aliphatic carbocycles. The van der Waals surface area contributed by atoms with Gasteiger partial charge in [0.1, 0.15) is 11.6 Å². The van der Waals surface area contributed by atoms with Crippen LogP contribution in [0.5, 0.6) is 0 Å². The molecule has 0 amide bonds. The maximum absolute atomic E-state index is 5.39. The molecule has 0 bridgehead atoms. The summed E-state index contributed by atoms with van der Waals surface area (Å²) in [6.07, 6.45) is 1.92. The summed E-state index contributed by atoms with van der Waals surface area (Å²) in [5.41, 5.74) is 3.70. The molecule has 4 N–H and O–H groups in total. The Morgan fingerprint density at radius 1 is 1.26 bits per heavy atom. The van der Waals surface area contributed by atoms with E-state index in [0.29, 0.717) is 17.5 Å². The molecule has 7 heteroatoms. The van der Waals surface area contributed by atoms with Gasteiger partial charge in [0.15, 0.2) is 5.16 Å². The Kier molecular flexibility index (Phi) is 5.00. The third-order valence-electron chi connectivity index (χ3n) is 2.40. The maximum Gasteiger partial charge on any atom is 0.191 e. The first-order valence-corrected chi connectivity index (χ1v) is 7.61. The standard InChI is InChI=1S/C12H14BrN5S/c1-19-12-16-10(6-11(17-12)18-14)15-7-8-3-2-4-9(13)5-8/h2-6H,7,14H2,1H3,(H2,15,16,17,18). The number of nitrogens with one attached hydrogen (secondary N) is 2. The molecular formula is C12H14BrN5S. The van der Waals surface area contributed by atoms with Gasteiger partial charge in [-0.1, -0.05) is 39.8 Å². The summed E-state index contributed by atoms with van der Waals surface area (Å²) in [7, 11) is 0. The van der Waals surface area contributed by atoms with Gasteiger partial charge in [-0.2, -0.15) is 0 Å². The summed E-state index contributed by atoms with van der Waals surface area (Å²) in [6, 6.07) is 9.89. The van der Waals surface area contributed by atoms with Gasteiger partial charge in [-0.25, -0.2) is 15.8 Å². The second-order valence-corrected chi connectivity index (χ2v) is 5.44. The van der Waals surface area contributed by atoms with Crippen LogP contribution in [0.4, 0.5) is 11.6 Å². The second-order valence-electron chi connectivity index (χ2n) is 3.75. The number of aromatic nitrogens is 2. The molecule has 0 unspecified atom stereocenters. The summed E-state index contributed by atoms with van der Waals surface area (Å²) in [5, 5.41) is 3.93. The third-order valence-corrected chi connectivity index (χ3v) is 3.44. The predicted octanol–water partition coefficient (Wildman–Crippen LogP) is 2.86. The fourth-order valence-electron chi connectivity index (χ4n) is 1.52. The second kappa shape index (κ2) is 6.74. The van der Waals surface area contributed by atoms with Gasteiger partial charge in [0, 0.05) is 17.1 Å². The van der Waals surface area contributed by atoms with E-state index in [-0.39, 0.29) is 0 Å².